The highest BCUT2D eigenvalue weighted by atomic mass is 35.5. The van der Waals surface area contributed by atoms with Crippen LogP contribution in [0.2, 0.25) is 0 Å². The van der Waals surface area contributed by atoms with Crippen LogP contribution in [0.3, 0.4) is 0 Å². The minimum Gasteiger partial charge on any atom is -0.361 e. The van der Waals surface area contributed by atoms with E-state index in [4.69, 9.17) is 4.52 Å². The Labute approximate surface area is 171 Å². The lowest BCUT2D eigenvalue weighted by molar-refractivity contribution is -0.139. The summed E-state index contributed by atoms with van der Waals surface area (Å²) >= 11 is 1.74. The van der Waals surface area contributed by atoms with Crippen LogP contribution in [0.1, 0.15) is 47.6 Å². The highest BCUT2D eigenvalue weighted by molar-refractivity contribution is 7.10. The van der Waals surface area contributed by atoms with Crippen molar-refractivity contribution in [1.29, 1.82) is 0 Å². The molecule has 0 spiro atoms. The van der Waals surface area contributed by atoms with Crippen LogP contribution in [0.5, 0.6) is 0 Å². The monoisotopic (exact) mass is 409 g/mol. The SMILES string of the molecule is Cc1noc(C)c1CN1CCN(C(=O)C2(c3cccs3)CCCC2)CC1.Cl. The molecular weight excluding hydrogens is 382 g/mol. The van der Waals surface area contributed by atoms with Crippen LogP contribution in [-0.2, 0) is 16.8 Å². The first-order valence-electron chi connectivity index (χ1n) is 9.58. The number of piperazine rings is 1. The maximum absolute atomic E-state index is 13.4. The van der Waals surface area contributed by atoms with Crippen LogP contribution >= 0.6 is 23.7 Å². The lowest BCUT2D eigenvalue weighted by atomic mass is 9.82. The normalized spacial score (nSPS) is 19.9. The van der Waals surface area contributed by atoms with E-state index in [0.717, 1.165) is 69.9 Å². The van der Waals surface area contributed by atoms with Gasteiger partial charge in [-0.25, -0.2) is 0 Å². The Morgan fingerprint density at radius 3 is 2.48 bits per heavy atom. The van der Waals surface area contributed by atoms with Gasteiger partial charge in [0.1, 0.15) is 5.76 Å². The molecular formula is C20H28ClN3O2S. The summed E-state index contributed by atoms with van der Waals surface area (Å²) in [6, 6.07) is 4.23. The number of rotatable bonds is 4. The maximum Gasteiger partial charge on any atom is 0.234 e. The van der Waals surface area contributed by atoms with Gasteiger partial charge in [-0.2, -0.15) is 0 Å². The van der Waals surface area contributed by atoms with Gasteiger partial charge in [-0.05, 0) is 38.1 Å². The van der Waals surface area contributed by atoms with Gasteiger partial charge in [0.2, 0.25) is 5.91 Å². The van der Waals surface area contributed by atoms with Crippen molar-refractivity contribution in [2.45, 2.75) is 51.5 Å². The number of aryl methyl sites for hydroxylation is 2. The number of amides is 1. The summed E-state index contributed by atoms with van der Waals surface area (Å²) in [5.74, 6) is 1.26. The van der Waals surface area contributed by atoms with Gasteiger partial charge in [-0.3, -0.25) is 9.69 Å². The van der Waals surface area contributed by atoms with Gasteiger partial charge in [0.25, 0.3) is 0 Å². The molecule has 2 fully saturated rings. The van der Waals surface area contributed by atoms with Crippen molar-refractivity contribution in [2.24, 2.45) is 0 Å². The largest absolute Gasteiger partial charge is 0.361 e. The van der Waals surface area contributed by atoms with Crippen LogP contribution < -0.4 is 0 Å². The predicted octanol–water partition coefficient (Wildman–Crippen LogP) is 3.93. The molecule has 2 aliphatic rings. The molecule has 4 rings (SSSR count). The van der Waals surface area contributed by atoms with Crippen LogP contribution in [-0.4, -0.2) is 47.0 Å². The van der Waals surface area contributed by atoms with E-state index in [1.165, 1.54) is 10.4 Å². The topological polar surface area (TPSA) is 49.6 Å². The van der Waals surface area contributed by atoms with E-state index in [0.29, 0.717) is 5.91 Å². The lowest BCUT2D eigenvalue weighted by Gasteiger charge is -2.39. The first-order chi connectivity index (χ1) is 12.6. The van der Waals surface area contributed by atoms with E-state index >= 15 is 0 Å². The Hall–Kier alpha value is -1.37. The standard InChI is InChI=1S/C20H27N3O2S.ClH/c1-15-17(16(2)25-21-15)14-22-9-11-23(12-10-22)19(24)20(7-3-4-8-20)18-6-5-13-26-18;/h5-6,13H,3-4,7-12,14H2,1-2H3;1H. The van der Waals surface area contributed by atoms with E-state index in [1.807, 2.05) is 13.8 Å². The average Bonchev–Trinajstić information content (AvgIpc) is 3.40. The van der Waals surface area contributed by atoms with E-state index in [1.54, 1.807) is 11.3 Å². The van der Waals surface area contributed by atoms with Crippen LogP contribution in [0, 0.1) is 13.8 Å². The van der Waals surface area contributed by atoms with Crippen molar-refractivity contribution in [1.82, 2.24) is 15.0 Å². The fraction of sp³-hybridized carbons (Fsp3) is 0.600. The molecule has 0 radical (unpaired) electrons. The summed E-state index contributed by atoms with van der Waals surface area (Å²) < 4.78 is 5.28. The zero-order chi connectivity index (χ0) is 18.1. The van der Waals surface area contributed by atoms with Gasteiger partial charge in [-0.1, -0.05) is 24.1 Å². The second-order valence-electron chi connectivity index (χ2n) is 7.64. The molecule has 7 heteroatoms. The first-order valence-corrected chi connectivity index (χ1v) is 10.5. The number of hydrogen-bond donors (Lipinski definition) is 0. The van der Waals surface area contributed by atoms with E-state index in [2.05, 4.69) is 32.5 Å². The average molecular weight is 410 g/mol. The van der Waals surface area contributed by atoms with Gasteiger partial charge in [-0.15, -0.1) is 23.7 Å². The molecule has 148 valence electrons. The molecule has 1 aliphatic heterocycles. The summed E-state index contributed by atoms with van der Waals surface area (Å²) in [5.41, 5.74) is 1.91. The first kappa shape index (κ1) is 20.4. The van der Waals surface area contributed by atoms with E-state index in [-0.39, 0.29) is 17.8 Å². The number of nitrogens with zero attached hydrogens (tertiary/aromatic N) is 3. The third-order valence-electron chi connectivity index (χ3n) is 6.08. The zero-order valence-electron chi connectivity index (χ0n) is 16.1. The number of halogens is 1. The number of aromatic nitrogens is 1. The third-order valence-corrected chi connectivity index (χ3v) is 7.16. The Morgan fingerprint density at radius 1 is 1.22 bits per heavy atom. The number of hydrogen-bond acceptors (Lipinski definition) is 5. The van der Waals surface area contributed by atoms with Gasteiger partial charge in [0, 0.05) is 43.2 Å². The Kier molecular flexibility index (Phi) is 6.28. The lowest BCUT2D eigenvalue weighted by Crippen LogP contribution is -2.53. The fourth-order valence-corrected chi connectivity index (χ4v) is 5.44. The molecule has 3 heterocycles. The van der Waals surface area contributed by atoms with Crippen LogP contribution in [0.15, 0.2) is 22.0 Å². The number of carbonyl (C=O) groups is 1. The summed E-state index contributed by atoms with van der Waals surface area (Å²) in [6.07, 6.45) is 4.34. The van der Waals surface area contributed by atoms with Gasteiger partial charge in [0.15, 0.2) is 0 Å². The molecule has 2 aromatic heterocycles. The molecule has 5 nitrogen and oxygen atoms in total. The highest BCUT2D eigenvalue weighted by Gasteiger charge is 2.46. The molecule has 1 aliphatic carbocycles. The van der Waals surface area contributed by atoms with Crippen molar-refractivity contribution in [3.63, 3.8) is 0 Å². The summed E-state index contributed by atoms with van der Waals surface area (Å²) in [5, 5.41) is 6.15. The molecule has 1 saturated heterocycles. The molecule has 0 aromatic carbocycles. The van der Waals surface area contributed by atoms with Crippen molar-refractivity contribution < 1.29 is 9.32 Å². The fourth-order valence-electron chi connectivity index (χ4n) is 4.46. The molecule has 0 unspecified atom stereocenters. The zero-order valence-corrected chi connectivity index (χ0v) is 17.7. The van der Waals surface area contributed by atoms with Crippen LogP contribution in [0.25, 0.3) is 0 Å². The Balaban J connectivity index is 0.00000210. The molecule has 2 aromatic rings. The second-order valence-corrected chi connectivity index (χ2v) is 8.59. The summed E-state index contributed by atoms with van der Waals surface area (Å²) in [7, 11) is 0. The molecule has 27 heavy (non-hydrogen) atoms. The van der Waals surface area contributed by atoms with Gasteiger partial charge >= 0.3 is 0 Å². The minimum absolute atomic E-state index is 0. The molecule has 1 saturated carbocycles. The quantitative estimate of drug-likeness (QED) is 0.767. The molecule has 0 bridgehead atoms. The summed E-state index contributed by atoms with van der Waals surface area (Å²) in [6.45, 7) is 8.28. The van der Waals surface area contributed by atoms with Crippen molar-refractivity contribution in [3.05, 3.63) is 39.4 Å². The smallest absolute Gasteiger partial charge is 0.234 e. The molecule has 0 atom stereocenters. The summed E-state index contributed by atoms with van der Waals surface area (Å²) in [4.78, 5) is 19.2. The van der Waals surface area contributed by atoms with Crippen molar-refractivity contribution >= 4 is 29.7 Å². The van der Waals surface area contributed by atoms with E-state index in [9.17, 15) is 4.79 Å². The molecule has 1 amide bonds. The maximum atomic E-state index is 13.4. The minimum atomic E-state index is -0.252. The Morgan fingerprint density at radius 2 is 1.93 bits per heavy atom. The second kappa shape index (κ2) is 8.33. The van der Waals surface area contributed by atoms with Crippen molar-refractivity contribution in [3.8, 4) is 0 Å². The third kappa shape index (κ3) is 3.80. The number of carbonyl (C=O) groups excluding carboxylic acids is 1. The van der Waals surface area contributed by atoms with Gasteiger partial charge < -0.3 is 9.42 Å². The Bertz CT molecular complexity index is 741. The van der Waals surface area contributed by atoms with E-state index < -0.39 is 0 Å². The van der Waals surface area contributed by atoms with Crippen LogP contribution in [0.4, 0.5) is 0 Å². The predicted molar refractivity (Wildman–Crippen MR) is 110 cm³/mol. The highest BCUT2D eigenvalue weighted by Crippen LogP contribution is 2.44. The van der Waals surface area contributed by atoms with Gasteiger partial charge in [0.05, 0.1) is 11.1 Å². The van der Waals surface area contributed by atoms with Crippen molar-refractivity contribution in [2.75, 3.05) is 26.2 Å². The number of thiophene rings is 1. The molecule has 0 N–H and O–H groups in total.